The van der Waals surface area contributed by atoms with E-state index in [2.05, 4.69) is 19.1 Å². The zero-order chi connectivity index (χ0) is 15.6. The molecule has 0 saturated heterocycles. The minimum absolute atomic E-state index is 0.279. The molecular weight excluding hydrogens is 350 g/mol. The van der Waals surface area contributed by atoms with E-state index in [1.54, 1.807) is 5.82 Å². The fraction of sp³-hybridized carbons (Fsp3) is 0.500. The van der Waals surface area contributed by atoms with E-state index < -0.39 is 7.60 Å². The van der Waals surface area contributed by atoms with Crippen molar-refractivity contribution < 1.29 is 13.6 Å². The van der Waals surface area contributed by atoms with Crippen LogP contribution in [0.3, 0.4) is 0 Å². The Labute approximate surface area is 134 Å². The monoisotopic (exact) mass is 376 g/mol. The molecule has 0 aliphatic carbocycles. The van der Waals surface area contributed by atoms with Crippen molar-refractivity contribution in [3.05, 3.63) is 41.7 Å². The van der Waals surface area contributed by atoms with Gasteiger partial charge >= 0.3 is 134 Å². The van der Waals surface area contributed by atoms with Crippen LogP contribution in [0.25, 0.3) is 4.47 Å². The predicted molar refractivity (Wildman–Crippen MR) is 90.7 cm³/mol. The van der Waals surface area contributed by atoms with Gasteiger partial charge in [-0.3, -0.25) is 0 Å². The fourth-order valence-corrected chi connectivity index (χ4v) is 6.48. The molecule has 21 heavy (non-hydrogen) atoms. The Morgan fingerprint density at radius 2 is 1.76 bits per heavy atom. The molecule has 0 N–H and O–H groups in total. The number of hydrogen-bond acceptors (Lipinski definition) is 3. The van der Waals surface area contributed by atoms with Gasteiger partial charge in [-0.25, -0.2) is 0 Å². The van der Waals surface area contributed by atoms with Crippen molar-refractivity contribution in [1.29, 1.82) is 0 Å². The maximum atomic E-state index is 12.7. The number of hydrogen-bond donors (Lipinski definition) is 0. The zero-order valence-corrected chi connectivity index (χ0v) is 15.7. The maximum absolute atomic E-state index is 12.7. The molecule has 0 spiro atoms. The standard InChI is InChI=1S/C16H25O3PSe/c1-4-7-13-21-16(15-11-9-8-10-12-15)14-20(17,18-5-2)19-6-3/h8-12,14H,4-7,13H2,1-3H3/b16-14-. The first-order chi connectivity index (χ1) is 10.1. The van der Waals surface area contributed by atoms with Crippen LogP contribution in [0.2, 0.25) is 5.32 Å². The van der Waals surface area contributed by atoms with Gasteiger partial charge in [-0.05, 0) is 0 Å². The fourth-order valence-electron chi connectivity index (χ4n) is 1.74. The molecule has 0 atom stereocenters. The molecule has 0 aromatic heterocycles. The first-order valence-corrected chi connectivity index (χ1v) is 11.1. The van der Waals surface area contributed by atoms with Crippen LogP contribution in [-0.2, 0) is 13.6 Å². The van der Waals surface area contributed by atoms with Crippen molar-refractivity contribution in [2.45, 2.75) is 38.9 Å². The van der Waals surface area contributed by atoms with Crippen LogP contribution in [0.15, 0.2) is 36.1 Å². The molecule has 0 bridgehead atoms. The molecule has 0 radical (unpaired) electrons. The molecule has 0 heterocycles. The van der Waals surface area contributed by atoms with Gasteiger partial charge in [0, 0.05) is 0 Å². The van der Waals surface area contributed by atoms with Crippen molar-refractivity contribution in [2.75, 3.05) is 13.2 Å². The van der Waals surface area contributed by atoms with Crippen molar-refractivity contribution in [1.82, 2.24) is 0 Å². The van der Waals surface area contributed by atoms with Gasteiger partial charge in [-0.1, -0.05) is 0 Å². The van der Waals surface area contributed by atoms with Crippen LogP contribution in [0.5, 0.6) is 0 Å². The van der Waals surface area contributed by atoms with E-state index in [9.17, 15) is 4.57 Å². The summed E-state index contributed by atoms with van der Waals surface area (Å²) in [6.45, 7) is 6.64. The van der Waals surface area contributed by atoms with Gasteiger partial charge in [0.05, 0.1) is 0 Å². The Morgan fingerprint density at radius 1 is 1.14 bits per heavy atom. The van der Waals surface area contributed by atoms with E-state index in [4.69, 9.17) is 9.05 Å². The normalized spacial score (nSPS) is 12.6. The van der Waals surface area contributed by atoms with Gasteiger partial charge < -0.3 is 0 Å². The van der Waals surface area contributed by atoms with E-state index in [1.807, 2.05) is 32.0 Å². The summed E-state index contributed by atoms with van der Waals surface area (Å²) in [5.41, 5.74) is 1.12. The number of rotatable bonds is 10. The van der Waals surface area contributed by atoms with Crippen molar-refractivity contribution in [3.63, 3.8) is 0 Å². The first kappa shape index (κ1) is 18.7. The van der Waals surface area contributed by atoms with Crippen LogP contribution in [0, 0.1) is 0 Å². The zero-order valence-electron chi connectivity index (χ0n) is 13.1. The molecule has 0 amide bonds. The Bertz CT molecular complexity index is 464. The van der Waals surface area contributed by atoms with Gasteiger partial charge in [-0.15, -0.1) is 0 Å². The molecule has 1 aromatic rings. The third kappa shape index (κ3) is 6.95. The topological polar surface area (TPSA) is 35.5 Å². The summed E-state index contributed by atoms with van der Waals surface area (Å²) < 4.78 is 24.6. The Hall–Kier alpha value is -0.371. The second-order valence-electron chi connectivity index (χ2n) is 4.44. The van der Waals surface area contributed by atoms with Crippen molar-refractivity contribution in [3.8, 4) is 0 Å². The summed E-state index contributed by atoms with van der Waals surface area (Å²) >= 11 is 0.279. The molecule has 1 rings (SSSR count). The van der Waals surface area contributed by atoms with E-state index >= 15 is 0 Å². The third-order valence-electron chi connectivity index (χ3n) is 2.71. The third-order valence-corrected chi connectivity index (χ3v) is 7.34. The Kier molecular flexibility index (Phi) is 9.22. The van der Waals surface area contributed by atoms with Crippen LogP contribution < -0.4 is 0 Å². The first-order valence-electron chi connectivity index (χ1n) is 7.45. The number of benzene rings is 1. The summed E-state index contributed by atoms with van der Waals surface area (Å²) in [5, 5.41) is 1.14. The second-order valence-corrected chi connectivity index (χ2v) is 8.68. The van der Waals surface area contributed by atoms with Crippen LogP contribution >= 0.6 is 7.60 Å². The molecule has 0 fully saturated rings. The molecule has 0 unspecified atom stereocenters. The summed E-state index contributed by atoms with van der Waals surface area (Å²) in [6, 6.07) is 10.1. The van der Waals surface area contributed by atoms with Gasteiger partial charge in [0.2, 0.25) is 0 Å². The molecule has 1 aromatic carbocycles. The van der Waals surface area contributed by atoms with E-state index in [1.165, 1.54) is 12.8 Å². The van der Waals surface area contributed by atoms with Gasteiger partial charge in [-0.2, -0.15) is 0 Å². The van der Waals surface area contributed by atoms with Crippen LogP contribution in [0.1, 0.15) is 39.2 Å². The molecule has 118 valence electrons. The summed E-state index contributed by atoms with van der Waals surface area (Å²) in [7, 11) is -3.14. The second kappa shape index (κ2) is 10.4. The number of unbranched alkanes of at least 4 members (excludes halogenated alkanes) is 1. The summed E-state index contributed by atoms with van der Waals surface area (Å²) in [6.07, 6.45) is 2.37. The molecule has 0 aliphatic rings. The summed E-state index contributed by atoms with van der Waals surface area (Å²) in [4.78, 5) is 0. The summed E-state index contributed by atoms with van der Waals surface area (Å²) in [5.74, 6) is 1.74. The van der Waals surface area contributed by atoms with Crippen LogP contribution in [-0.4, -0.2) is 28.2 Å². The van der Waals surface area contributed by atoms with E-state index in [0.717, 1.165) is 15.4 Å². The van der Waals surface area contributed by atoms with Crippen LogP contribution in [0.4, 0.5) is 0 Å². The van der Waals surface area contributed by atoms with E-state index in [-0.39, 0.29) is 15.0 Å². The Balaban J connectivity index is 3.03. The van der Waals surface area contributed by atoms with Gasteiger partial charge in [0.15, 0.2) is 0 Å². The quantitative estimate of drug-likeness (QED) is 0.321. The average molecular weight is 375 g/mol. The molecule has 5 heteroatoms. The molecule has 0 saturated carbocycles. The molecular formula is C16H25O3PSe. The Morgan fingerprint density at radius 3 is 2.29 bits per heavy atom. The van der Waals surface area contributed by atoms with E-state index in [0.29, 0.717) is 13.2 Å². The van der Waals surface area contributed by atoms with Crippen molar-refractivity contribution >= 4 is 27.0 Å². The van der Waals surface area contributed by atoms with Gasteiger partial charge in [0.1, 0.15) is 0 Å². The minimum atomic E-state index is -3.14. The SMILES string of the molecule is CCCC[Se]/C(=C\P(=O)(OCC)OCC)c1ccccc1. The predicted octanol–water partition coefficient (Wildman–Crippen LogP) is 5.17. The molecule has 3 nitrogen and oxygen atoms in total. The molecule has 0 aliphatic heterocycles. The average Bonchev–Trinajstić information content (AvgIpc) is 2.48. The van der Waals surface area contributed by atoms with Crippen molar-refractivity contribution in [2.24, 2.45) is 0 Å². The van der Waals surface area contributed by atoms with Gasteiger partial charge in [0.25, 0.3) is 0 Å².